The van der Waals surface area contributed by atoms with E-state index in [1.165, 1.54) is 6.92 Å². The highest BCUT2D eigenvalue weighted by molar-refractivity contribution is 5.65. The number of nitrogens with two attached hydrogens (primary N) is 1. The van der Waals surface area contributed by atoms with E-state index < -0.39 is 0 Å². The summed E-state index contributed by atoms with van der Waals surface area (Å²) < 4.78 is 4.40. The lowest BCUT2D eigenvalue weighted by Gasteiger charge is -2.13. The van der Waals surface area contributed by atoms with Gasteiger partial charge in [0, 0.05) is 12.5 Å². The Kier molecular flexibility index (Phi) is 8.27. The average molecular weight is 175 g/mol. The minimum Gasteiger partial charge on any atom is -0.466 e. The molecule has 0 saturated carbocycles. The molecule has 0 heterocycles. The Balaban J connectivity index is 0. The lowest BCUT2D eigenvalue weighted by molar-refractivity contribution is -0.140. The van der Waals surface area contributed by atoms with Gasteiger partial charge in [-0.15, -0.1) is 0 Å². The normalized spacial score (nSPS) is 9.83. The number of hydrogen-bond donors (Lipinski definition) is 1. The number of hydrogen-bond acceptors (Lipinski definition) is 3. The molecule has 0 unspecified atom stereocenters. The van der Waals surface area contributed by atoms with E-state index in [2.05, 4.69) is 11.7 Å². The van der Waals surface area contributed by atoms with Crippen molar-refractivity contribution < 1.29 is 9.53 Å². The van der Waals surface area contributed by atoms with Crippen LogP contribution >= 0.6 is 0 Å². The molecular formula is C9H21NO2. The first-order valence-electron chi connectivity index (χ1n) is 4.25. The number of carbonyl (C=O) groups excluding carboxylic acids is 1. The minimum absolute atomic E-state index is 0.0417. The second-order valence-corrected chi connectivity index (χ2v) is 3.27. The van der Waals surface area contributed by atoms with Crippen molar-refractivity contribution in [1.29, 1.82) is 0 Å². The van der Waals surface area contributed by atoms with Crippen LogP contribution in [0.3, 0.4) is 0 Å². The first-order chi connectivity index (χ1) is 5.33. The van der Waals surface area contributed by atoms with Crippen LogP contribution in [0.25, 0.3) is 0 Å². The molecule has 0 aliphatic rings. The maximum absolute atomic E-state index is 9.82. The van der Waals surface area contributed by atoms with Gasteiger partial charge in [-0.1, -0.05) is 6.92 Å². The molecule has 12 heavy (non-hydrogen) atoms. The van der Waals surface area contributed by atoms with Crippen molar-refractivity contribution in [2.45, 2.75) is 46.6 Å². The monoisotopic (exact) mass is 175 g/mol. The number of ether oxygens (including phenoxy) is 1. The average Bonchev–Trinajstić information content (AvgIpc) is 1.87. The first kappa shape index (κ1) is 14.0. The predicted octanol–water partition coefficient (Wildman–Crippen LogP) is 1.70. The van der Waals surface area contributed by atoms with E-state index >= 15 is 0 Å². The second-order valence-electron chi connectivity index (χ2n) is 3.27. The Hall–Kier alpha value is -0.570. The van der Waals surface area contributed by atoms with Gasteiger partial charge >= 0.3 is 5.97 Å². The lowest BCUT2D eigenvalue weighted by atomic mass is 10.1. The zero-order valence-corrected chi connectivity index (χ0v) is 8.81. The van der Waals surface area contributed by atoms with Gasteiger partial charge in [0.1, 0.15) is 0 Å². The molecule has 0 fully saturated rings. The van der Waals surface area contributed by atoms with E-state index in [-0.39, 0.29) is 11.5 Å². The number of esters is 1. The zero-order chi connectivity index (χ0) is 10.2. The highest BCUT2D eigenvalue weighted by Gasteiger charge is 2.03. The molecule has 0 bridgehead atoms. The third-order valence-electron chi connectivity index (χ3n) is 1.26. The summed E-state index contributed by atoms with van der Waals surface area (Å²) in [6.07, 6.45) is 1.05. The van der Waals surface area contributed by atoms with Crippen molar-refractivity contribution in [3.63, 3.8) is 0 Å². The van der Waals surface area contributed by atoms with Crippen LogP contribution in [0.4, 0.5) is 0 Å². The summed E-state index contributed by atoms with van der Waals surface area (Å²) in [6.45, 7) is 9.78. The van der Waals surface area contributed by atoms with E-state index in [4.69, 9.17) is 5.73 Å². The summed E-state index contributed by atoms with van der Waals surface area (Å²) in [4.78, 5) is 9.82. The topological polar surface area (TPSA) is 52.3 Å². The molecule has 74 valence electrons. The van der Waals surface area contributed by atoms with Crippen molar-refractivity contribution >= 4 is 5.97 Å². The lowest BCUT2D eigenvalue weighted by Crippen LogP contribution is -2.30. The van der Waals surface area contributed by atoms with Crippen LogP contribution in [-0.4, -0.2) is 18.1 Å². The van der Waals surface area contributed by atoms with E-state index in [1.54, 1.807) is 6.92 Å². The third-order valence-corrected chi connectivity index (χ3v) is 1.26. The Labute approximate surface area is 75.3 Å². The Morgan fingerprint density at radius 3 is 1.75 bits per heavy atom. The smallest absolute Gasteiger partial charge is 0.302 e. The van der Waals surface area contributed by atoms with Gasteiger partial charge in [-0.25, -0.2) is 0 Å². The van der Waals surface area contributed by atoms with Crippen LogP contribution in [0.5, 0.6) is 0 Å². The fourth-order valence-electron chi connectivity index (χ4n) is 0.203. The molecule has 0 aromatic heterocycles. The summed E-state index contributed by atoms with van der Waals surface area (Å²) in [5.74, 6) is -0.211. The summed E-state index contributed by atoms with van der Waals surface area (Å²) in [5.41, 5.74) is 5.58. The SMILES string of the molecule is CCC(C)(C)N.CCOC(C)=O. The molecule has 0 rings (SSSR count). The molecule has 0 saturated heterocycles. The second kappa shape index (κ2) is 7.10. The standard InChI is InChI=1S/C5H13N.C4H8O2/c1-4-5(2,3)6;1-3-6-4(2)5/h4,6H2,1-3H3;3H2,1-2H3. The van der Waals surface area contributed by atoms with E-state index in [0.29, 0.717) is 6.61 Å². The van der Waals surface area contributed by atoms with Gasteiger partial charge in [-0.3, -0.25) is 4.79 Å². The molecule has 3 heteroatoms. The zero-order valence-electron chi connectivity index (χ0n) is 8.81. The Morgan fingerprint density at radius 1 is 1.42 bits per heavy atom. The molecule has 0 aliphatic carbocycles. The minimum atomic E-state index is -0.211. The number of rotatable bonds is 2. The van der Waals surface area contributed by atoms with Crippen LogP contribution in [-0.2, 0) is 9.53 Å². The van der Waals surface area contributed by atoms with Crippen molar-refractivity contribution in [3.05, 3.63) is 0 Å². The van der Waals surface area contributed by atoms with Gasteiger partial charge in [-0.05, 0) is 27.2 Å². The van der Waals surface area contributed by atoms with Crippen LogP contribution in [0.2, 0.25) is 0 Å². The maximum Gasteiger partial charge on any atom is 0.302 e. The van der Waals surface area contributed by atoms with Crippen molar-refractivity contribution in [3.8, 4) is 0 Å². The highest BCUT2D eigenvalue weighted by atomic mass is 16.5. The van der Waals surface area contributed by atoms with Crippen molar-refractivity contribution in [2.75, 3.05) is 6.61 Å². The van der Waals surface area contributed by atoms with Crippen LogP contribution in [0.15, 0.2) is 0 Å². The number of carbonyl (C=O) groups is 1. The van der Waals surface area contributed by atoms with E-state index in [1.807, 2.05) is 13.8 Å². The maximum atomic E-state index is 9.82. The molecule has 0 amide bonds. The fraction of sp³-hybridized carbons (Fsp3) is 0.889. The molecule has 0 aromatic rings. The van der Waals surface area contributed by atoms with E-state index in [0.717, 1.165) is 6.42 Å². The summed E-state index contributed by atoms with van der Waals surface area (Å²) in [7, 11) is 0. The molecule has 0 aromatic carbocycles. The highest BCUT2D eigenvalue weighted by Crippen LogP contribution is 1.99. The quantitative estimate of drug-likeness (QED) is 0.650. The fourth-order valence-corrected chi connectivity index (χ4v) is 0.203. The molecule has 0 aliphatic heterocycles. The first-order valence-corrected chi connectivity index (χ1v) is 4.25. The van der Waals surface area contributed by atoms with Crippen LogP contribution < -0.4 is 5.73 Å². The van der Waals surface area contributed by atoms with Gasteiger partial charge in [0.2, 0.25) is 0 Å². The molecule has 3 nitrogen and oxygen atoms in total. The molecular weight excluding hydrogens is 154 g/mol. The van der Waals surface area contributed by atoms with Crippen molar-refractivity contribution in [1.82, 2.24) is 0 Å². The molecule has 0 radical (unpaired) electrons. The predicted molar refractivity (Wildman–Crippen MR) is 50.9 cm³/mol. The van der Waals surface area contributed by atoms with Gasteiger partial charge in [0.05, 0.1) is 6.61 Å². The summed E-state index contributed by atoms with van der Waals surface area (Å²) in [6, 6.07) is 0. The Morgan fingerprint density at radius 2 is 1.75 bits per heavy atom. The van der Waals surface area contributed by atoms with Gasteiger partial charge in [-0.2, -0.15) is 0 Å². The van der Waals surface area contributed by atoms with Gasteiger partial charge in [0.15, 0.2) is 0 Å². The third kappa shape index (κ3) is 22.7. The largest absolute Gasteiger partial charge is 0.466 e. The van der Waals surface area contributed by atoms with Crippen molar-refractivity contribution in [2.24, 2.45) is 5.73 Å². The summed E-state index contributed by atoms with van der Waals surface area (Å²) >= 11 is 0. The van der Waals surface area contributed by atoms with Crippen LogP contribution in [0.1, 0.15) is 41.0 Å². The van der Waals surface area contributed by atoms with Gasteiger partial charge in [0.25, 0.3) is 0 Å². The molecule has 0 atom stereocenters. The Bertz CT molecular complexity index is 116. The van der Waals surface area contributed by atoms with E-state index in [9.17, 15) is 4.79 Å². The summed E-state index contributed by atoms with van der Waals surface area (Å²) in [5, 5.41) is 0. The van der Waals surface area contributed by atoms with Gasteiger partial charge < -0.3 is 10.5 Å². The molecule has 0 spiro atoms. The van der Waals surface area contributed by atoms with Crippen LogP contribution in [0, 0.1) is 0 Å². The molecule has 2 N–H and O–H groups in total.